The van der Waals surface area contributed by atoms with Gasteiger partial charge in [0, 0.05) is 5.56 Å². The molecule has 0 saturated heterocycles. The number of benzene rings is 2. The van der Waals surface area contributed by atoms with Gasteiger partial charge in [0.2, 0.25) is 5.82 Å². The fourth-order valence-electron chi connectivity index (χ4n) is 2.52. The molecular formula is C21H15N3O3. The van der Waals surface area contributed by atoms with Crippen LogP contribution in [-0.4, -0.2) is 22.1 Å². The van der Waals surface area contributed by atoms with Crippen molar-refractivity contribution in [3.63, 3.8) is 0 Å². The summed E-state index contributed by atoms with van der Waals surface area (Å²) >= 11 is 0. The second kappa shape index (κ2) is 7.99. The standard InChI is InChI=1S/C21H15N3O3/c1-2-27-21(26)16-11-9-15(10-12-16)6-5-13-24-19(14-22)23-18-8-4-3-7-17(18)20(24)25/h3-4,7-12H,2,13H2,1H3. The lowest BCUT2D eigenvalue weighted by atomic mass is 10.1. The van der Waals surface area contributed by atoms with E-state index in [-0.39, 0.29) is 23.9 Å². The number of nitrogens with zero attached hydrogens (tertiary/aromatic N) is 3. The SMILES string of the molecule is CCOC(=O)c1ccc(C#CCn2c(C#N)nc3ccccc3c2=O)cc1. The Morgan fingerprint density at radius 2 is 1.93 bits per heavy atom. The van der Waals surface area contributed by atoms with Gasteiger partial charge in [-0.1, -0.05) is 24.0 Å². The van der Waals surface area contributed by atoms with E-state index in [1.54, 1.807) is 55.5 Å². The molecule has 0 aliphatic rings. The predicted octanol–water partition coefficient (Wildman–Crippen LogP) is 2.50. The number of rotatable bonds is 3. The molecule has 0 unspecified atom stereocenters. The van der Waals surface area contributed by atoms with Crippen molar-refractivity contribution in [1.82, 2.24) is 9.55 Å². The summed E-state index contributed by atoms with van der Waals surface area (Å²) in [4.78, 5) is 28.4. The summed E-state index contributed by atoms with van der Waals surface area (Å²) in [6.45, 7) is 2.10. The van der Waals surface area contributed by atoms with Crippen molar-refractivity contribution >= 4 is 16.9 Å². The van der Waals surface area contributed by atoms with Crippen LogP contribution in [0.25, 0.3) is 10.9 Å². The number of fused-ring (bicyclic) bond motifs is 1. The fourth-order valence-corrected chi connectivity index (χ4v) is 2.52. The molecule has 1 aromatic heterocycles. The van der Waals surface area contributed by atoms with E-state index in [9.17, 15) is 14.9 Å². The van der Waals surface area contributed by atoms with Crippen LogP contribution in [0.2, 0.25) is 0 Å². The summed E-state index contributed by atoms with van der Waals surface area (Å²) in [7, 11) is 0. The Bertz CT molecular complexity index is 1160. The van der Waals surface area contributed by atoms with E-state index in [2.05, 4.69) is 16.8 Å². The van der Waals surface area contributed by atoms with Crippen LogP contribution in [0.5, 0.6) is 0 Å². The lowest BCUT2D eigenvalue weighted by molar-refractivity contribution is 0.0526. The van der Waals surface area contributed by atoms with Gasteiger partial charge >= 0.3 is 5.97 Å². The second-order valence-corrected chi connectivity index (χ2v) is 5.56. The topological polar surface area (TPSA) is 85.0 Å². The molecule has 132 valence electrons. The number of hydrogen-bond donors (Lipinski definition) is 0. The average Bonchev–Trinajstić information content (AvgIpc) is 2.70. The zero-order valence-electron chi connectivity index (χ0n) is 14.6. The van der Waals surface area contributed by atoms with E-state index in [0.29, 0.717) is 28.6 Å². The first-order chi connectivity index (χ1) is 13.1. The van der Waals surface area contributed by atoms with Crippen LogP contribution in [0.15, 0.2) is 53.3 Å². The van der Waals surface area contributed by atoms with Crippen molar-refractivity contribution in [2.45, 2.75) is 13.5 Å². The van der Waals surface area contributed by atoms with Gasteiger partial charge < -0.3 is 4.74 Å². The van der Waals surface area contributed by atoms with E-state index in [4.69, 9.17) is 4.74 Å². The van der Waals surface area contributed by atoms with Crippen molar-refractivity contribution in [2.24, 2.45) is 0 Å². The van der Waals surface area contributed by atoms with Crippen LogP contribution < -0.4 is 5.56 Å². The van der Waals surface area contributed by atoms with E-state index < -0.39 is 0 Å². The molecule has 0 spiro atoms. The summed E-state index contributed by atoms with van der Waals surface area (Å²) in [6.07, 6.45) is 0. The van der Waals surface area contributed by atoms with Gasteiger partial charge in [-0.25, -0.2) is 9.78 Å². The van der Waals surface area contributed by atoms with E-state index >= 15 is 0 Å². The summed E-state index contributed by atoms with van der Waals surface area (Å²) in [6, 6.07) is 15.5. The van der Waals surface area contributed by atoms with Crippen molar-refractivity contribution in [3.8, 4) is 17.9 Å². The minimum atomic E-state index is -0.385. The molecule has 0 aliphatic carbocycles. The minimum Gasteiger partial charge on any atom is -0.462 e. The lowest BCUT2D eigenvalue weighted by Gasteiger charge is -2.05. The average molecular weight is 357 g/mol. The quantitative estimate of drug-likeness (QED) is 0.531. The molecule has 3 aromatic rings. The number of para-hydroxylation sites is 1. The molecule has 6 nitrogen and oxygen atoms in total. The van der Waals surface area contributed by atoms with Gasteiger partial charge in [0.25, 0.3) is 5.56 Å². The summed E-state index contributed by atoms with van der Waals surface area (Å²) in [5.74, 6) is 5.43. The molecule has 0 N–H and O–H groups in total. The zero-order chi connectivity index (χ0) is 19.2. The van der Waals surface area contributed by atoms with Gasteiger partial charge in [-0.3, -0.25) is 9.36 Å². The highest BCUT2D eigenvalue weighted by Crippen LogP contribution is 2.08. The van der Waals surface area contributed by atoms with Gasteiger partial charge in [0.1, 0.15) is 6.07 Å². The first-order valence-corrected chi connectivity index (χ1v) is 8.29. The maximum absolute atomic E-state index is 12.6. The number of esters is 1. The highest BCUT2D eigenvalue weighted by atomic mass is 16.5. The maximum atomic E-state index is 12.6. The molecule has 1 heterocycles. The van der Waals surface area contributed by atoms with Crippen molar-refractivity contribution in [3.05, 3.63) is 75.8 Å². The monoisotopic (exact) mass is 357 g/mol. The molecular weight excluding hydrogens is 342 g/mol. The third-order valence-electron chi connectivity index (χ3n) is 3.83. The van der Waals surface area contributed by atoms with Crippen molar-refractivity contribution in [1.29, 1.82) is 5.26 Å². The molecule has 3 rings (SSSR count). The Morgan fingerprint density at radius 3 is 2.63 bits per heavy atom. The molecule has 0 amide bonds. The van der Waals surface area contributed by atoms with Crippen molar-refractivity contribution in [2.75, 3.05) is 6.61 Å². The largest absolute Gasteiger partial charge is 0.462 e. The van der Waals surface area contributed by atoms with E-state index in [0.717, 1.165) is 0 Å². The first-order valence-electron chi connectivity index (χ1n) is 8.29. The van der Waals surface area contributed by atoms with Gasteiger partial charge in [0.15, 0.2) is 0 Å². The Kier molecular flexibility index (Phi) is 5.30. The number of carbonyl (C=O) groups excluding carboxylic acids is 1. The molecule has 0 radical (unpaired) electrons. The molecule has 2 aromatic carbocycles. The smallest absolute Gasteiger partial charge is 0.338 e. The third-order valence-corrected chi connectivity index (χ3v) is 3.83. The Labute approximate surface area is 155 Å². The molecule has 0 saturated carbocycles. The summed E-state index contributed by atoms with van der Waals surface area (Å²) in [5, 5.41) is 9.72. The zero-order valence-corrected chi connectivity index (χ0v) is 14.6. The van der Waals surface area contributed by atoms with Gasteiger partial charge in [-0.05, 0) is 43.3 Å². The second-order valence-electron chi connectivity index (χ2n) is 5.56. The molecule has 6 heteroatoms. The van der Waals surface area contributed by atoms with Crippen LogP contribution in [0.4, 0.5) is 0 Å². The highest BCUT2D eigenvalue weighted by Gasteiger charge is 2.09. The summed E-state index contributed by atoms with van der Waals surface area (Å²) < 4.78 is 6.18. The van der Waals surface area contributed by atoms with Crippen molar-refractivity contribution < 1.29 is 9.53 Å². The van der Waals surface area contributed by atoms with Gasteiger partial charge in [-0.15, -0.1) is 0 Å². The highest BCUT2D eigenvalue weighted by molar-refractivity contribution is 5.89. The minimum absolute atomic E-state index is 0.0191. The molecule has 0 aliphatic heterocycles. The van der Waals surface area contributed by atoms with Gasteiger partial charge in [-0.2, -0.15) is 5.26 Å². The molecule has 0 fully saturated rings. The number of aromatic nitrogens is 2. The lowest BCUT2D eigenvalue weighted by Crippen LogP contribution is -2.23. The number of carbonyl (C=O) groups is 1. The van der Waals surface area contributed by atoms with Crippen LogP contribution in [0, 0.1) is 23.2 Å². The predicted molar refractivity (Wildman–Crippen MR) is 100.0 cm³/mol. The van der Waals surface area contributed by atoms with Crippen LogP contribution >= 0.6 is 0 Å². The van der Waals surface area contributed by atoms with Gasteiger partial charge in [0.05, 0.1) is 29.6 Å². The Morgan fingerprint density at radius 1 is 1.19 bits per heavy atom. The van der Waals surface area contributed by atoms with E-state index in [1.807, 2.05) is 6.07 Å². The first kappa shape index (κ1) is 17.9. The third kappa shape index (κ3) is 3.86. The van der Waals surface area contributed by atoms with Crippen LogP contribution in [-0.2, 0) is 11.3 Å². The number of ether oxygens (including phenoxy) is 1. The van der Waals surface area contributed by atoms with Crippen LogP contribution in [0.3, 0.4) is 0 Å². The molecule has 0 atom stereocenters. The normalized spacial score (nSPS) is 9.93. The van der Waals surface area contributed by atoms with E-state index in [1.165, 1.54) is 4.57 Å². The maximum Gasteiger partial charge on any atom is 0.338 e. The molecule has 0 bridgehead atoms. The Balaban J connectivity index is 1.86. The summed E-state index contributed by atoms with van der Waals surface area (Å²) in [5.41, 5.74) is 1.31. The fraction of sp³-hybridized carbons (Fsp3) is 0.143. The molecule has 27 heavy (non-hydrogen) atoms. The number of hydrogen-bond acceptors (Lipinski definition) is 5. The van der Waals surface area contributed by atoms with Crippen LogP contribution in [0.1, 0.15) is 28.7 Å². The number of nitriles is 1. The Hall–Kier alpha value is -3.90.